The SMILES string of the molecule is CC(=O)c1c(N)cc(O)cc1Cl. The van der Waals surface area contributed by atoms with Crippen LogP contribution in [0, 0.1) is 0 Å². The molecule has 1 aromatic carbocycles. The summed E-state index contributed by atoms with van der Waals surface area (Å²) >= 11 is 5.67. The molecule has 0 aliphatic heterocycles. The zero-order chi connectivity index (χ0) is 9.30. The molecule has 0 heterocycles. The zero-order valence-corrected chi connectivity index (χ0v) is 7.22. The quantitative estimate of drug-likeness (QED) is 0.518. The van der Waals surface area contributed by atoms with E-state index >= 15 is 0 Å². The van der Waals surface area contributed by atoms with Gasteiger partial charge in [-0.1, -0.05) is 11.6 Å². The molecular weight excluding hydrogens is 178 g/mol. The molecule has 3 N–H and O–H groups in total. The third kappa shape index (κ3) is 1.51. The number of benzene rings is 1. The number of nitrogens with two attached hydrogens (primary N) is 1. The van der Waals surface area contributed by atoms with Gasteiger partial charge in [-0.25, -0.2) is 0 Å². The first-order valence-electron chi connectivity index (χ1n) is 3.31. The first-order valence-corrected chi connectivity index (χ1v) is 3.69. The lowest BCUT2D eigenvalue weighted by atomic mass is 10.1. The average Bonchev–Trinajstić information content (AvgIpc) is 1.82. The highest BCUT2D eigenvalue weighted by Gasteiger charge is 2.10. The largest absolute Gasteiger partial charge is 0.508 e. The van der Waals surface area contributed by atoms with Gasteiger partial charge in [-0.2, -0.15) is 0 Å². The second kappa shape index (κ2) is 3.03. The molecule has 0 amide bonds. The standard InChI is InChI=1S/C8H8ClNO2/c1-4(11)8-6(9)2-5(12)3-7(8)10/h2-3,12H,10H2,1H3. The van der Waals surface area contributed by atoms with Gasteiger partial charge in [0.05, 0.1) is 10.6 Å². The van der Waals surface area contributed by atoms with Crippen LogP contribution in [-0.2, 0) is 0 Å². The predicted octanol–water partition coefficient (Wildman–Crippen LogP) is 1.83. The Balaban J connectivity index is 3.38. The summed E-state index contributed by atoms with van der Waals surface area (Å²) in [6, 6.07) is 2.58. The van der Waals surface area contributed by atoms with Crippen molar-refractivity contribution in [3.8, 4) is 5.75 Å². The summed E-state index contributed by atoms with van der Waals surface area (Å²) in [6.45, 7) is 1.37. The maximum atomic E-state index is 11.0. The number of nitrogen functional groups attached to an aromatic ring is 1. The van der Waals surface area contributed by atoms with Crippen molar-refractivity contribution in [2.45, 2.75) is 6.92 Å². The van der Waals surface area contributed by atoms with Gasteiger partial charge in [-0.05, 0) is 13.0 Å². The van der Waals surface area contributed by atoms with Crippen LogP contribution in [0.2, 0.25) is 5.02 Å². The summed E-state index contributed by atoms with van der Waals surface area (Å²) in [6.07, 6.45) is 0. The molecule has 0 aliphatic carbocycles. The van der Waals surface area contributed by atoms with Crippen molar-refractivity contribution >= 4 is 23.1 Å². The van der Waals surface area contributed by atoms with Gasteiger partial charge in [-0.3, -0.25) is 4.79 Å². The van der Waals surface area contributed by atoms with Gasteiger partial charge in [0, 0.05) is 11.8 Å². The number of hydrogen-bond donors (Lipinski definition) is 2. The maximum absolute atomic E-state index is 11.0. The number of phenols is 1. The van der Waals surface area contributed by atoms with Crippen LogP contribution in [0.4, 0.5) is 5.69 Å². The molecule has 3 nitrogen and oxygen atoms in total. The van der Waals surface area contributed by atoms with E-state index in [1.54, 1.807) is 0 Å². The Morgan fingerprint density at radius 2 is 2.17 bits per heavy atom. The highest BCUT2D eigenvalue weighted by Crippen LogP contribution is 2.27. The van der Waals surface area contributed by atoms with Crippen LogP contribution < -0.4 is 5.73 Å². The molecule has 0 fully saturated rings. The van der Waals surface area contributed by atoms with E-state index in [1.165, 1.54) is 19.1 Å². The molecule has 1 rings (SSSR count). The Morgan fingerprint density at radius 3 is 2.58 bits per heavy atom. The summed E-state index contributed by atoms with van der Waals surface area (Å²) in [5.41, 5.74) is 5.92. The lowest BCUT2D eigenvalue weighted by molar-refractivity contribution is 0.101. The number of hydrogen-bond acceptors (Lipinski definition) is 3. The Kier molecular flexibility index (Phi) is 2.24. The third-order valence-corrected chi connectivity index (χ3v) is 1.76. The van der Waals surface area contributed by atoms with E-state index in [2.05, 4.69) is 0 Å². The van der Waals surface area contributed by atoms with Gasteiger partial charge in [-0.15, -0.1) is 0 Å². The van der Waals surface area contributed by atoms with E-state index in [-0.39, 0.29) is 27.8 Å². The molecule has 1 aromatic rings. The number of Topliss-reactive ketones (excluding diaryl/α,β-unsaturated/α-hetero) is 1. The molecule has 0 aliphatic rings. The smallest absolute Gasteiger partial charge is 0.163 e. The van der Waals surface area contributed by atoms with E-state index < -0.39 is 0 Å². The van der Waals surface area contributed by atoms with Crippen LogP contribution in [0.25, 0.3) is 0 Å². The number of phenolic OH excluding ortho intramolecular Hbond substituents is 1. The second-order valence-corrected chi connectivity index (χ2v) is 2.86. The second-order valence-electron chi connectivity index (χ2n) is 2.45. The summed E-state index contributed by atoms with van der Waals surface area (Å²) in [5, 5.41) is 9.20. The fourth-order valence-corrected chi connectivity index (χ4v) is 1.34. The number of aromatic hydroxyl groups is 1. The van der Waals surface area contributed by atoms with Gasteiger partial charge < -0.3 is 10.8 Å². The van der Waals surface area contributed by atoms with E-state index in [4.69, 9.17) is 22.4 Å². The predicted molar refractivity (Wildman–Crippen MR) is 47.5 cm³/mol. The molecule has 0 saturated carbocycles. The van der Waals surface area contributed by atoms with Crippen LogP contribution in [-0.4, -0.2) is 10.9 Å². The molecule has 12 heavy (non-hydrogen) atoms. The minimum absolute atomic E-state index is 0.0394. The molecule has 4 heteroatoms. The number of anilines is 1. The van der Waals surface area contributed by atoms with E-state index in [9.17, 15) is 4.79 Å². The zero-order valence-electron chi connectivity index (χ0n) is 6.47. The van der Waals surface area contributed by atoms with E-state index in [0.29, 0.717) is 0 Å². The van der Waals surface area contributed by atoms with Crippen molar-refractivity contribution in [1.82, 2.24) is 0 Å². The number of carbonyl (C=O) groups excluding carboxylic acids is 1. The fourth-order valence-electron chi connectivity index (χ4n) is 0.984. The number of rotatable bonds is 1. The summed E-state index contributed by atoms with van der Waals surface area (Å²) in [7, 11) is 0. The Bertz CT molecular complexity index is 313. The summed E-state index contributed by atoms with van der Waals surface area (Å²) in [5.74, 6) is -0.250. The highest BCUT2D eigenvalue weighted by atomic mass is 35.5. The molecule has 0 spiro atoms. The van der Waals surface area contributed by atoms with Crippen LogP contribution in [0.1, 0.15) is 17.3 Å². The molecule has 64 valence electrons. The minimum atomic E-state index is -0.211. The van der Waals surface area contributed by atoms with Gasteiger partial charge in [0.2, 0.25) is 0 Å². The van der Waals surface area contributed by atoms with Crippen LogP contribution in [0.15, 0.2) is 12.1 Å². The summed E-state index contributed by atoms with van der Waals surface area (Å²) in [4.78, 5) is 11.0. The van der Waals surface area contributed by atoms with Crippen molar-refractivity contribution in [2.24, 2.45) is 0 Å². The monoisotopic (exact) mass is 185 g/mol. The number of halogens is 1. The molecular formula is C8H8ClNO2. The molecule has 0 radical (unpaired) electrons. The van der Waals surface area contributed by atoms with Crippen molar-refractivity contribution in [3.05, 3.63) is 22.7 Å². The normalized spacial score (nSPS) is 9.83. The highest BCUT2D eigenvalue weighted by molar-refractivity contribution is 6.34. The topological polar surface area (TPSA) is 63.3 Å². The molecule has 0 atom stereocenters. The lowest BCUT2D eigenvalue weighted by Crippen LogP contribution is -2.00. The Hall–Kier alpha value is -1.22. The van der Waals surface area contributed by atoms with Gasteiger partial charge >= 0.3 is 0 Å². The molecule has 0 aromatic heterocycles. The number of carbonyl (C=O) groups is 1. The maximum Gasteiger partial charge on any atom is 0.163 e. The van der Waals surface area contributed by atoms with E-state index in [1.807, 2.05) is 0 Å². The fraction of sp³-hybridized carbons (Fsp3) is 0.125. The van der Waals surface area contributed by atoms with Crippen LogP contribution >= 0.6 is 11.6 Å². The van der Waals surface area contributed by atoms with E-state index in [0.717, 1.165) is 0 Å². The molecule has 0 unspecified atom stereocenters. The first-order chi connectivity index (χ1) is 5.52. The Morgan fingerprint density at radius 1 is 1.58 bits per heavy atom. The van der Waals surface area contributed by atoms with Crippen LogP contribution in [0.5, 0.6) is 5.75 Å². The third-order valence-electron chi connectivity index (χ3n) is 1.46. The summed E-state index contributed by atoms with van der Waals surface area (Å²) < 4.78 is 0. The number of ketones is 1. The van der Waals surface area contributed by atoms with Crippen molar-refractivity contribution in [3.63, 3.8) is 0 Å². The van der Waals surface area contributed by atoms with Crippen LogP contribution in [0.3, 0.4) is 0 Å². The Labute approximate surface area is 74.8 Å². The van der Waals surface area contributed by atoms with Gasteiger partial charge in [0.1, 0.15) is 5.75 Å². The van der Waals surface area contributed by atoms with Crippen molar-refractivity contribution in [2.75, 3.05) is 5.73 Å². The lowest BCUT2D eigenvalue weighted by Gasteiger charge is -2.04. The van der Waals surface area contributed by atoms with Crippen molar-refractivity contribution < 1.29 is 9.90 Å². The van der Waals surface area contributed by atoms with Crippen molar-refractivity contribution in [1.29, 1.82) is 0 Å². The first kappa shape index (κ1) is 8.87. The molecule has 0 saturated heterocycles. The van der Waals surface area contributed by atoms with Gasteiger partial charge in [0.15, 0.2) is 5.78 Å². The van der Waals surface area contributed by atoms with Gasteiger partial charge in [0.25, 0.3) is 0 Å². The molecule has 0 bridgehead atoms. The average molecular weight is 186 g/mol. The minimum Gasteiger partial charge on any atom is -0.508 e.